The topological polar surface area (TPSA) is 402 Å². The maximum absolute atomic E-state index is 13.9. The Morgan fingerprint density at radius 1 is 0.649 bits per heavy atom. The molecule has 3 atom stereocenters. The Balaban J connectivity index is 1.11. The summed E-state index contributed by atoms with van der Waals surface area (Å²) < 4.78 is 4.93. The number of hydrogen-bond acceptors (Lipinski definition) is 16. The number of nitrogens with zero attached hydrogens (tertiary/aromatic N) is 5. The lowest BCUT2D eigenvalue weighted by Crippen LogP contribution is -2.52. The highest BCUT2D eigenvalue weighted by molar-refractivity contribution is 5.89. The van der Waals surface area contributed by atoms with Gasteiger partial charge in [0.15, 0.2) is 0 Å². The molecule has 1 saturated heterocycles. The zero-order valence-corrected chi connectivity index (χ0v) is 42.7. The van der Waals surface area contributed by atoms with Crippen LogP contribution >= 0.6 is 0 Å². The van der Waals surface area contributed by atoms with Crippen LogP contribution in [-0.2, 0) is 51.3 Å². The van der Waals surface area contributed by atoms with E-state index >= 15 is 0 Å². The molecule has 0 bridgehead atoms. The maximum atomic E-state index is 13.9. The molecule has 422 valence electrons. The quantitative estimate of drug-likeness (QED) is 0.0364. The van der Waals surface area contributed by atoms with Crippen molar-refractivity contribution in [3.8, 4) is 0 Å². The van der Waals surface area contributed by atoms with Crippen LogP contribution in [0.25, 0.3) is 10.8 Å². The van der Waals surface area contributed by atoms with E-state index in [-0.39, 0.29) is 76.1 Å². The van der Waals surface area contributed by atoms with E-state index in [1.807, 2.05) is 52.7 Å². The minimum atomic E-state index is -1.77. The predicted molar refractivity (Wildman–Crippen MR) is 273 cm³/mol. The largest absolute Gasteiger partial charge is 0.480 e. The second-order valence-corrected chi connectivity index (χ2v) is 19.4. The lowest BCUT2D eigenvalue weighted by Gasteiger charge is -2.33. The van der Waals surface area contributed by atoms with Crippen LogP contribution in [0.4, 0.5) is 4.79 Å². The van der Waals surface area contributed by atoms with Gasteiger partial charge in [-0.3, -0.25) is 48.4 Å². The van der Waals surface area contributed by atoms with Crippen molar-refractivity contribution in [2.75, 3.05) is 91.6 Å². The van der Waals surface area contributed by atoms with Crippen molar-refractivity contribution in [3.05, 3.63) is 69.1 Å². The SMILES string of the molecule is NC(=O)CN1CCN(CC(=O)O)CCN(CC(=O)NCC2CCC(C(=O)N[C@@H](Cc3ccc4ccccc4c3)C(=O)NCCCC[C@H](NC(=O)N[C@@H](Cn3oc(=O)[nH]c3=O)C(=O)O)C(=O)O)CC2)CCN(CC(=O)O)CC1. The van der Waals surface area contributed by atoms with E-state index in [0.29, 0.717) is 89.3 Å². The summed E-state index contributed by atoms with van der Waals surface area (Å²) in [6, 6.07) is 8.04. The maximum Gasteiger partial charge on any atom is 0.440 e. The number of fused-ring (bicyclic) bond motifs is 1. The molecular weight excluding hydrogens is 1010 g/mol. The van der Waals surface area contributed by atoms with Crippen molar-refractivity contribution in [1.29, 1.82) is 0 Å². The molecule has 0 unspecified atom stereocenters. The highest BCUT2D eigenvalue weighted by Crippen LogP contribution is 2.29. The first-order valence-corrected chi connectivity index (χ1v) is 25.5. The molecule has 1 aromatic heterocycles. The summed E-state index contributed by atoms with van der Waals surface area (Å²) in [5.74, 6) is -8.17. The molecule has 2 aliphatic rings. The average Bonchev–Trinajstić information content (AvgIpc) is 3.70. The zero-order chi connectivity index (χ0) is 56.0. The summed E-state index contributed by atoms with van der Waals surface area (Å²) >= 11 is 0. The summed E-state index contributed by atoms with van der Waals surface area (Å²) in [7, 11) is 0. The van der Waals surface area contributed by atoms with Crippen LogP contribution in [0, 0.1) is 11.8 Å². The molecule has 28 heteroatoms. The van der Waals surface area contributed by atoms with Crippen LogP contribution in [-0.4, -0.2) is 213 Å². The van der Waals surface area contributed by atoms with Crippen molar-refractivity contribution in [1.82, 2.24) is 55.9 Å². The average molecular weight is 1080 g/mol. The van der Waals surface area contributed by atoms with Gasteiger partial charge in [0.2, 0.25) is 23.6 Å². The van der Waals surface area contributed by atoms with Crippen molar-refractivity contribution in [3.63, 3.8) is 0 Å². The van der Waals surface area contributed by atoms with Gasteiger partial charge >= 0.3 is 41.4 Å². The monoisotopic (exact) mass is 1080 g/mol. The first-order chi connectivity index (χ1) is 36.7. The van der Waals surface area contributed by atoms with Gasteiger partial charge in [-0.15, -0.1) is 4.74 Å². The molecule has 1 saturated carbocycles. The number of carboxylic acids is 4. The normalized spacial score (nSPS) is 18.5. The number of unbranched alkanes of at least 4 members (excludes halogenated alkanes) is 1. The summed E-state index contributed by atoms with van der Waals surface area (Å²) in [5, 5.41) is 53.4. The van der Waals surface area contributed by atoms with Gasteiger partial charge in [-0.25, -0.2) is 29.0 Å². The van der Waals surface area contributed by atoms with Gasteiger partial charge in [-0.05, 0) is 67.2 Å². The lowest BCUT2D eigenvalue weighted by atomic mass is 9.81. The molecule has 77 heavy (non-hydrogen) atoms. The summed E-state index contributed by atoms with van der Waals surface area (Å²) in [4.78, 5) is 144. The Labute approximate surface area is 441 Å². The molecule has 5 rings (SSSR count). The van der Waals surface area contributed by atoms with Crippen LogP contribution in [0.1, 0.15) is 50.5 Å². The number of benzene rings is 2. The molecule has 28 nitrogen and oxygen atoms in total. The van der Waals surface area contributed by atoms with Crippen LogP contribution < -0.4 is 43.8 Å². The number of hydrogen-bond donors (Lipinski definition) is 11. The lowest BCUT2D eigenvalue weighted by molar-refractivity contribution is -0.140. The van der Waals surface area contributed by atoms with Gasteiger partial charge in [-0.1, -0.05) is 42.5 Å². The van der Waals surface area contributed by atoms with Gasteiger partial charge in [-0.2, -0.15) is 0 Å². The van der Waals surface area contributed by atoms with Crippen molar-refractivity contribution in [2.45, 2.75) is 76.0 Å². The minimum absolute atomic E-state index is 0.0184. The van der Waals surface area contributed by atoms with E-state index in [2.05, 4.69) is 25.8 Å². The van der Waals surface area contributed by atoms with E-state index < -0.39 is 83.8 Å². The number of amides is 6. The van der Waals surface area contributed by atoms with Crippen molar-refractivity contribution < 1.29 is 68.1 Å². The number of primary amides is 1. The Morgan fingerprint density at radius 3 is 1.75 bits per heavy atom. The first-order valence-electron chi connectivity index (χ1n) is 25.5. The number of aromatic nitrogens is 2. The summed E-state index contributed by atoms with van der Waals surface area (Å²) in [6.07, 6.45) is 2.73. The molecular formula is C49H70N12O16. The molecule has 2 heterocycles. The third kappa shape index (κ3) is 21.1. The predicted octanol–water partition coefficient (Wildman–Crippen LogP) is -2.70. The van der Waals surface area contributed by atoms with Gasteiger partial charge < -0.3 is 57.3 Å². The molecule has 2 aromatic carbocycles. The molecule has 12 N–H and O–H groups in total. The molecule has 0 spiro atoms. The molecule has 3 aromatic rings. The van der Waals surface area contributed by atoms with E-state index in [9.17, 15) is 73.2 Å². The summed E-state index contributed by atoms with van der Waals surface area (Å²) in [5.41, 5.74) is 5.18. The Kier molecular flexibility index (Phi) is 23.6. The fourth-order valence-corrected chi connectivity index (χ4v) is 9.27. The number of carboxylic acid groups (broad SMARTS) is 4. The number of carbonyl (C=O) groups is 9. The fourth-order valence-electron chi connectivity index (χ4n) is 9.27. The number of H-pyrrole nitrogens is 1. The number of aromatic amines is 1. The smallest absolute Gasteiger partial charge is 0.440 e. The number of nitrogens with two attached hydrogens (primary N) is 1. The zero-order valence-electron chi connectivity index (χ0n) is 42.7. The van der Waals surface area contributed by atoms with Crippen LogP contribution in [0.3, 0.4) is 0 Å². The Bertz CT molecular complexity index is 2620. The molecule has 1 aliphatic carbocycles. The number of rotatable bonds is 26. The second kappa shape index (κ2) is 30.2. The molecule has 1 aliphatic heterocycles. The van der Waals surface area contributed by atoms with Crippen LogP contribution in [0.2, 0.25) is 0 Å². The molecule has 0 radical (unpaired) electrons. The number of carbonyl (C=O) groups excluding carboxylic acids is 5. The van der Waals surface area contributed by atoms with Gasteiger partial charge in [0, 0.05) is 77.8 Å². The van der Waals surface area contributed by atoms with Gasteiger partial charge in [0.05, 0.1) is 32.7 Å². The van der Waals surface area contributed by atoms with E-state index in [1.165, 1.54) is 0 Å². The van der Waals surface area contributed by atoms with E-state index in [0.717, 1.165) is 16.3 Å². The van der Waals surface area contributed by atoms with E-state index in [1.54, 1.807) is 19.7 Å². The fraction of sp³-hybridized carbons (Fsp3) is 0.571. The van der Waals surface area contributed by atoms with Crippen molar-refractivity contribution >= 4 is 64.3 Å². The van der Waals surface area contributed by atoms with Crippen LogP contribution in [0.5, 0.6) is 0 Å². The highest BCUT2D eigenvalue weighted by atomic mass is 16.5. The standard InChI is InChI=1S/C49H70N12O16/c50-39(62)27-57-15-19-59(29-41(64)65)21-17-58(18-22-60(20-16-57)30-42(66)67)28-40(63)52-25-31-8-12-34(13-9-31)43(68)53-37(24-32-10-11-33-5-1-2-6-35(33)23-32)44(69)51-14-4-3-7-36(45(70)71)54-47(74)55-38(46(72)73)26-61-48(75)56-49(76)77-61/h1-2,5-6,10-11,23,31,34,36-38H,3-4,7-9,12-22,24-30H2,(H2,50,62)(H,51,69)(H,52,63)(H,53,68)(H,64,65)(H,66,67)(H,70,71)(H,72,73)(H2,54,55,74)(H,56,75,76)/t31?,34?,36-,37-,38-/m0/s1. The van der Waals surface area contributed by atoms with Gasteiger partial charge in [0.25, 0.3) is 0 Å². The second-order valence-electron chi connectivity index (χ2n) is 19.4. The highest BCUT2D eigenvalue weighted by Gasteiger charge is 2.31. The number of aliphatic carboxylic acids is 4. The Morgan fingerprint density at radius 2 is 1.21 bits per heavy atom. The molecule has 6 amide bonds. The van der Waals surface area contributed by atoms with Crippen molar-refractivity contribution in [2.24, 2.45) is 17.6 Å². The number of nitrogens with one attached hydrogen (secondary N) is 6. The third-order valence-electron chi connectivity index (χ3n) is 13.5. The van der Waals surface area contributed by atoms with E-state index in [4.69, 9.17) is 5.73 Å². The Hall–Kier alpha value is -7.69. The third-order valence-corrected chi connectivity index (χ3v) is 13.5. The number of urea groups is 1. The van der Waals surface area contributed by atoms with Gasteiger partial charge in [0.1, 0.15) is 18.1 Å². The first kappa shape index (κ1) is 60.2. The summed E-state index contributed by atoms with van der Waals surface area (Å²) in [6.45, 7) is 1.56. The minimum Gasteiger partial charge on any atom is -0.480 e. The molecule has 2 fully saturated rings. The van der Waals surface area contributed by atoms with Crippen LogP contribution in [0.15, 0.2) is 56.6 Å².